The predicted molar refractivity (Wildman–Crippen MR) is 96.4 cm³/mol. The Hall–Kier alpha value is -3.15. The molecule has 1 saturated carbocycles. The van der Waals surface area contributed by atoms with E-state index in [4.69, 9.17) is 9.47 Å². The average Bonchev–Trinajstić information content (AvgIpc) is 3.27. The van der Waals surface area contributed by atoms with Crippen molar-refractivity contribution in [2.45, 2.75) is 31.5 Å². The largest absolute Gasteiger partial charge is 0.448 e. The number of nitrogens with one attached hydrogen (secondary N) is 1. The smallest absolute Gasteiger partial charge is 0.275 e. The van der Waals surface area contributed by atoms with Crippen LogP contribution in [0.5, 0.6) is 11.5 Å². The summed E-state index contributed by atoms with van der Waals surface area (Å²) in [5.74, 6) is 0.594. The van der Waals surface area contributed by atoms with Gasteiger partial charge < -0.3 is 14.8 Å². The zero-order valence-corrected chi connectivity index (χ0v) is 14.1. The number of hydrogen-bond acceptors (Lipinski definition) is 5. The van der Waals surface area contributed by atoms with Crippen molar-refractivity contribution in [3.8, 4) is 11.5 Å². The number of aromatic nitrogens is 2. The minimum Gasteiger partial charge on any atom is -0.448 e. The molecule has 0 bridgehead atoms. The van der Waals surface area contributed by atoms with E-state index < -0.39 is 5.79 Å². The normalized spacial score (nSPS) is 16.9. The van der Waals surface area contributed by atoms with E-state index in [1.807, 2.05) is 36.4 Å². The van der Waals surface area contributed by atoms with E-state index in [1.165, 1.54) is 6.20 Å². The molecule has 1 aliphatic heterocycles. The minimum absolute atomic E-state index is 0.272. The summed E-state index contributed by atoms with van der Waals surface area (Å²) in [6, 6.07) is 12.9. The number of carbonyl (C=O) groups is 1. The zero-order chi connectivity index (χ0) is 17.6. The van der Waals surface area contributed by atoms with Crippen LogP contribution in [0, 0.1) is 0 Å². The number of fused-ring (bicyclic) bond motifs is 2. The summed E-state index contributed by atoms with van der Waals surface area (Å²) in [5, 5.41) is 2.85. The maximum absolute atomic E-state index is 12.5. The second kappa shape index (κ2) is 5.69. The van der Waals surface area contributed by atoms with E-state index in [-0.39, 0.29) is 11.6 Å². The van der Waals surface area contributed by atoms with Crippen LogP contribution in [0.1, 0.15) is 36.2 Å². The standard InChI is InChI=1S/C20H17N3O3/c24-19(16-12-21-14-5-1-2-6-15(14)23-16)22-13-7-8-17-18(11-13)26-20(25-17)9-3-4-10-20/h1-2,5-8,11-12H,3-4,9-10H2,(H,22,24). The number of hydrogen-bond donors (Lipinski definition) is 1. The van der Waals surface area contributed by atoms with E-state index >= 15 is 0 Å². The highest BCUT2D eigenvalue weighted by Crippen LogP contribution is 2.47. The van der Waals surface area contributed by atoms with Crippen LogP contribution < -0.4 is 14.8 Å². The van der Waals surface area contributed by atoms with Gasteiger partial charge in [0.25, 0.3) is 11.7 Å². The fraction of sp³-hybridized carbons (Fsp3) is 0.250. The molecule has 5 rings (SSSR count). The third kappa shape index (κ3) is 2.54. The summed E-state index contributed by atoms with van der Waals surface area (Å²) in [6.07, 6.45) is 5.50. The van der Waals surface area contributed by atoms with Gasteiger partial charge in [0, 0.05) is 24.6 Å². The van der Waals surface area contributed by atoms with Crippen molar-refractivity contribution in [3.63, 3.8) is 0 Å². The van der Waals surface area contributed by atoms with Crippen LogP contribution in [0.4, 0.5) is 5.69 Å². The van der Waals surface area contributed by atoms with E-state index in [1.54, 1.807) is 6.07 Å². The van der Waals surface area contributed by atoms with Crippen LogP contribution >= 0.6 is 0 Å². The van der Waals surface area contributed by atoms with Crippen molar-refractivity contribution >= 4 is 22.6 Å². The Morgan fingerprint density at radius 3 is 2.62 bits per heavy atom. The lowest BCUT2D eigenvalue weighted by molar-refractivity contribution is -0.0716. The molecule has 0 saturated heterocycles. The monoisotopic (exact) mass is 347 g/mol. The van der Waals surface area contributed by atoms with Crippen molar-refractivity contribution < 1.29 is 14.3 Å². The second-order valence-corrected chi connectivity index (χ2v) is 6.68. The van der Waals surface area contributed by atoms with E-state index in [9.17, 15) is 4.79 Å². The topological polar surface area (TPSA) is 73.3 Å². The van der Waals surface area contributed by atoms with Crippen LogP contribution in [0.25, 0.3) is 11.0 Å². The molecule has 1 N–H and O–H groups in total. The number of benzene rings is 2. The summed E-state index contributed by atoms with van der Waals surface area (Å²) in [7, 11) is 0. The molecule has 6 heteroatoms. The van der Waals surface area contributed by atoms with Gasteiger partial charge >= 0.3 is 0 Å². The summed E-state index contributed by atoms with van der Waals surface area (Å²) in [4.78, 5) is 21.2. The first-order chi connectivity index (χ1) is 12.7. The van der Waals surface area contributed by atoms with Gasteiger partial charge in [-0.3, -0.25) is 9.78 Å². The van der Waals surface area contributed by atoms with Crippen molar-refractivity contribution in [2.75, 3.05) is 5.32 Å². The maximum atomic E-state index is 12.5. The van der Waals surface area contributed by atoms with E-state index in [2.05, 4.69) is 15.3 Å². The SMILES string of the molecule is O=C(Nc1ccc2c(c1)OC1(CCCC1)O2)c1cnc2ccccc2n1. The molecule has 1 amide bonds. The zero-order valence-electron chi connectivity index (χ0n) is 14.1. The number of carbonyl (C=O) groups excluding carboxylic acids is 1. The van der Waals surface area contributed by atoms with Gasteiger partial charge in [0.1, 0.15) is 5.69 Å². The molecular formula is C20H17N3O3. The average molecular weight is 347 g/mol. The van der Waals surface area contributed by atoms with E-state index in [0.29, 0.717) is 17.0 Å². The molecule has 0 unspecified atom stereocenters. The molecule has 1 spiro atoms. The van der Waals surface area contributed by atoms with E-state index in [0.717, 1.165) is 36.9 Å². The molecule has 0 radical (unpaired) electrons. The highest BCUT2D eigenvalue weighted by molar-refractivity contribution is 6.03. The van der Waals surface area contributed by atoms with Crippen LogP contribution in [0.15, 0.2) is 48.7 Å². The number of ether oxygens (including phenoxy) is 2. The van der Waals surface area contributed by atoms with Gasteiger partial charge in [-0.1, -0.05) is 12.1 Å². The molecular weight excluding hydrogens is 330 g/mol. The van der Waals surface area contributed by atoms with Crippen molar-refractivity contribution in [1.82, 2.24) is 9.97 Å². The van der Waals surface area contributed by atoms with Gasteiger partial charge in [-0.15, -0.1) is 0 Å². The van der Waals surface area contributed by atoms with Crippen LogP contribution in [-0.4, -0.2) is 21.7 Å². The molecule has 1 aliphatic carbocycles. The Labute approximate surface area is 150 Å². The Kier molecular flexibility index (Phi) is 3.31. The second-order valence-electron chi connectivity index (χ2n) is 6.68. The Morgan fingerprint density at radius 2 is 1.77 bits per heavy atom. The first-order valence-corrected chi connectivity index (χ1v) is 8.76. The van der Waals surface area contributed by atoms with Crippen LogP contribution in [0.2, 0.25) is 0 Å². The number of amides is 1. The number of rotatable bonds is 2. The molecule has 3 aromatic rings. The molecule has 1 fully saturated rings. The lowest BCUT2D eigenvalue weighted by atomic mass is 10.2. The molecule has 1 aromatic heterocycles. The Bertz CT molecular complexity index is 1010. The number of anilines is 1. The maximum Gasteiger partial charge on any atom is 0.275 e. The first kappa shape index (κ1) is 15.1. The fourth-order valence-electron chi connectivity index (χ4n) is 3.55. The molecule has 130 valence electrons. The quantitative estimate of drug-likeness (QED) is 0.760. The minimum atomic E-state index is -0.505. The molecule has 2 heterocycles. The van der Waals surface area contributed by atoms with Gasteiger partial charge in [-0.2, -0.15) is 0 Å². The third-order valence-corrected chi connectivity index (χ3v) is 4.84. The molecule has 0 atom stereocenters. The lowest BCUT2D eigenvalue weighted by Crippen LogP contribution is -2.34. The molecule has 6 nitrogen and oxygen atoms in total. The van der Waals surface area contributed by atoms with Gasteiger partial charge in [-0.05, 0) is 37.1 Å². The fourth-order valence-corrected chi connectivity index (χ4v) is 3.55. The summed E-state index contributed by atoms with van der Waals surface area (Å²) in [6.45, 7) is 0. The van der Waals surface area contributed by atoms with Gasteiger partial charge in [0.2, 0.25) is 0 Å². The Balaban J connectivity index is 1.37. The highest BCUT2D eigenvalue weighted by Gasteiger charge is 2.44. The number of para-hydroxylation sites is 2. The number of nitrogens with zero attached hydrogens (tertiary/aromatic N) is 2. The summed E-state index contributed by atoms with van der Waals surface area (Å²) >= 11 is 0. The first-order valence-electron chi connectivity index (χ1n) is 8.76. The molecule has 26 heavy (non-hydrogen) atoms. The predicted octanol–water partition coefficient (Wildman–Crippen LogP) is 3.92. The third-order valence-electron chi connectivity index (χ3n) is 4.84. The van der Waals surface area contributed by atoms with Crippen molar-refractivity contribution in [3.05, 3.63) is 54.4 Å². The highest BCUT2D eigenvalue weighted by atomic mass is 16.7. The Morgan fingerprint density at radius 1 is 1.00 bits per heavy atom. The summed E-state index contributed by atoms with van der Waals surface area (Å²) in [5.41, 5.74) is 2.36. The molecule has 2 aromatic carbocycles. The molecule has 2 aliphatic rings. The van der Waals surface area contributed by atoms with Gasteiger partial charge in [0.15, 0.2) is 11.5 Å². The lowest BCUT2D eigenvalue weighted by Gasteiger charge is -2.21. The van der Waals surface area contributed by atoms with Crippen LogP contribution in [0.3, 0.4) is 0 Å². The van der Waals surface area contributed by atoms with Gasteiger partial charge in [0.05, 0.1) is 17.2 Å². The van der Waals surface area contributed by atoms with Gasteiger partial charge in [-0.25, -0.2) is 4.98 Å². The van der Waals surface area contributed by atoms with Crippen LogP contribution in [-0.2, 0) is 0 Å². The van der Waals surface area contributed by atoms with Crippen molar-refractivity contribution in [2.24, 2.45) is 0 Å². The van der Waals surface area contributed by atoms with Crippen molar-refractivity contribution in [1.29, 1.82) is 0 Å². The summed E-state index contributed by atoms with van der Waals surface area (Å²) < 4.78 is 12.0.